The highest BCUT2D eigenvalue weighted by molar-refractivity contribution is 8.01. The molecule has 2 aromatic rings. The molecule has 3 rings (SSSR count). The third-order valence-corrected chi connectivity index (χ3v) is 7.41. The average molecular weight is 512 g/mol. The van der Waals surface area contributed by atoms with E-state index in [0.29, 0.717) is 4.34 Å². The molecule has 0 saturated heterocycles. The minimum atomic E-state index is -1.21. The highest BCUT2D eigenvalue weighted by Crippen LogP contribution is 2.42. The summed E-state index contributed by atoms with van der Waals surface area (Å²) in [5.41, 5.74) is 0.775. The maximum absolute atomic E-state index is 12.1. The van der Waals surface area contributed by atoms with E-state index in [1.165, 1.54) is 57.9 Å². The summed E-state index contributed by atoms with van der Waals surface area (Å²) >= 11 is 2.61. The largest absolute Gasteiger partial charge is 0.458 e. The molecule has 1 fully saturated rings. The second-order valence-electron chi connectivity index (χ2n) is 7.53. The van der Waals surface area contributed by atoms with E-state index in [-0.39, 0.29) is 0 Å². The van der Waals surface area contributed by atoms with Crippen molar-refractivity contribution in [3.05, 3.63) is 24.3 Å². The number of thiazole rings is 1. The third-order valence-electron chi connectivity index (χ3n) is 4.93. The molecule has 1 aliphatic rings. The molecule has 12 heteroatoms. The Bertz CT molecular complexity index is 1040. The molecule has 0 aliphatic heterocycles. The second-order valence-corrected chi connectivity index (χ2v) is 9.98. The lowest BCUT2D eigenvalue weighted by Gasteiger charge is -2.47. The van der Waals surface area contributed by atoms with Crippen LogP contribution in [0, 0.1) is 0 Å². The van der Waals surface area contributed by atoms with E-state index < -0.39 is 59.6 Å². The van der Waals surface area contributed by atoms with Crippen LogP contribution < -0.4 is 0 Å². The fourth-order valence-electron chi connectivity index (χ4n) is 3.84. The predicted molar refractivity (Wildman–Crippen MR) is 122 cm³/mol. The Labute approximate surface area is 204 Å². The van der Waals surface area contributed by atoms with Gasteiger partial charge < -0.3 is 23.7 Å². The molecule has 34 heavy (non-hydrogen) atoms. The zero-order chi connectivity index (χ0) is 25.0. The van der Waals surface area contributed by atoms with Crippen LogP contribution in [0.25, 0.3) is 10.2 Å². The van der Waals surface area contributed by atoms with Crippen LogP contribution in [-0.4, -0.2) is 71.7 Å². The van der Waals surface area contributed by atoms with Gasteiger partial charge in [0.15, 0.2) is 22.7 Å². The number of ether oxygens (including phenoxy) is 5. The molecule has 1 aromatic carbocycles. The van der Waals surface area contributed by atoms with Crippen molar-refractivity contribution in [2.24, 2.45) is 0 Å². The number of aromatic nitrogens is 1. The summed E-state index contributed by atoms with van der Waals surface area (Å²) < 4.78 is 29.2. The van der Waals surface area contributed by atoms with Crippen LogP contribution in [0.15, 0.2) is 28.6 Å². The van der Waals surface area contributed by atoms with Gasteiger partial charge in [-0.15, -0.1) is 11.3 Å². The van der Waals surface area contributed by atoms with Crippen LogP contribution in [-0.2, 0) is 42.9 Å². The maximum Gasteiger partial charge on any atom is 0.303 e. The van der Waals surface area contributed by atoms with Crippen LogP contribution >= 0.6 is 23.1 Å². The molecule has 0 spiro atoms. The Kier molecular flexibility index (Phi) is 8.50. The van der Waals surface area contributed by atoms with Gasteiger partial charge >= 0.3 is 23.9 Å². The van der Waals surface area contributed by atoms with Crippen LogP contribution in [0.1, 0.15) is 27.7 Å². The van der Waals surface area contributed by atoms with E-state index in [9.17, 15) is 19.2 Å². The van der Waals surface area contributed by atoms with Gasteiger partial charge in [-0.25, -0.2) is 4.98 Å². The van der Waals surface area contributed by atoms with Crippen molar-refractivity contribution >= 4 is 57.2 Å². The van der Waals surface area contributed by atoms with E-state index in [1.54, 1.807) is 0 Å². The fraction of sp³-hybridized carbons (Fsp3) is 0.500. The number of carbonyl (C=O) groups excluding carboxylic acids is 4. The SMILES string of the molecule is CO[C@H]1[C@H](OC(C)=O)[C@@H](OC(C)=O)[C@H](OC(C)=O)[C@@H](Sc2nc3ccccc3s2)[C@H]1OC(C)=O. The van der Waals surface area contributed by atoms with Gasteiger partial charge in [-0.1, -0.05) is 23.9 Å². The van der Waals surface area contributed by atoms with Gasteiger partial charge in [0.25, 0.3) is 0 Å². The summed E-state index contributed by atoms with van der Waals surface area (Å²) in [6.45, 7) is 4.80. The van der Waals surface area contributed by atoms with E-state index in [2.05, 4.69) is 4.98 Å². The number of hydrogen-bond donors (Lipinski definition) is 0. The van der Waals surface area contributed by atoms with Crippen LogP contribution in [0.3, 0.4) is 0 Å². The zero-order valence-corrected chi connectivity index (χ0v) is 20.8. The molecule has 0 radical (unpaired) electrons. The molecule has 1 aliphatic carbocycles. The first-order valence-corrected chi connectivity index (χ1v) is 12.0. The Hall–Kier alpha value is -2.70. The van der Waals surface area contributed by atoms with Crippen molar-refractivity contribution in [1.29, 1.82) is 0 Å². The first-order chi connectivity index (χ1) is 16.1. The van der Waals surface area contributed by atoms with Gasteiger partial charge in [0, 0.05) is 34.8 Å². The van der Waals surface area contributed by atoms with Crippen LogP contribution in [0.2, 0.25) is 0 Å². The molecule has 10 nitrogen and oxygen atoms in total. The summed E-state index contributed by atoms with van der Waals surface area (Å²) in [5, 5.41) is -0.797. The highest BCUT2D eigenvalue weighted by Gasteiger charge is 2.58. The number of esters is 4. The number of carbonyl (C=O) groups is 4. The second kappa shape index (κ2) is 11.2. The maximum atomic E-state index is 12.1. The van der Waals surface area contributed by atoms with Gasteiger partial charge in [0.05, 0.1) is 15.5 Å². The van der Waals surface area contributed by atoms with Crippen molar-refractivity contribution in [2.75, 3.05) is 7.11 Å². The van der Waals surface area contributed by atoms with Crippen molar-refractivity contribution in [3.8, 4) is 0 Å². The van der Waals surface area contributed by atoms with E-state index in [1.807, 2.05) is 24.3 Å². The van der Waals surface area contributed by atoms with Gasteiger partial charge in [0.2, 0.25) is 0 Å². The third kappa shape index (κ3) is 6.05. The summed E-state index contributed by atoms with van der Waals surface area (Å²) in [6, 6.07) is 7.53. The topological polar surface area (TPSA) is 127 Å². The molecule has 0 unspecified atom stereocenters. The average Bonchev–Trinajstić information content (AvgIpc) is 3.14. The molecular weight excluding hydrogens is 486 g/mol. The molecule has 0 bridgehead atoms. The fourth-order valence-corrected chi connectivity index (χ4v) is 6.41. The summed E-state index contributed by atoms with van der Waals surface area (Å²) in [7, 11) is 1.36. The number of hydrogen-bond acceptors (Lipinski definition) is 12. The number of para-hydroxylation sites is 1. The first kappa shape index (κ1) is 25.9. The smallest absolute Gasteiger partial charge is 0.303 e. The Morgan fingerprint density at radius 2 is 1.24 bits per heavy atom. The number of nitrogens with zero attached hydrogens (tertiary/aromatic N) is 1. The van der Waals surface area contributed by atoms with E-state index in [0.717, 1.165) is 10.2 Å². The molecular formula is C22H25NO9S2. The molecule has 0 N–H and O–H groups in total. The lowest BCUT2D eigenvalue weighted by atomic mass is 9.85. The molecule has 0 amide bonds. The van der Waals surface area contributed by atoms with Crippen molar-refractivity contribution < 1.29 is 42.9 Å². The van der Waals surface area contributed by atoms with Gasteiger partial charge in [0.1, 0.15) is 12.2 Å². The number of benzene rings is 1. The number of methoxy groups -OCH3 is 1. The molecule has 184 valence electrons. The Morgan fingerprint density at radius 1 is 0.765 bits per heavy atom. The normalized spacial score (nSPS) is 26.5. The van der Waals surface area contributed by atoms with E-state index >= 15 is 0 Å². The van der Waals surface area contributed by atoms with Gasteiger partial charge in [-0.2, -0.15) is 0 Å². The number of thioether (sulfide) groups is 1. The quantitative estimate of drug-likeness (QED) is 0.402. The Balaban J connectivity index is 2.11. The van der Waals surface area contributed by atoms with Crippen LogP contribution in [0.5, 0.6) is 0 Å². The van der Waals surface area contributed by atoms with Crippen molar-refractivity contribution in [1.82, 2.24) is 4.98 Å². The van der Waals surface area contributed by atoms with Crippen molar-refractivity contribution in [3.63, 3.8) is 0 Å². The van der Waals surface area contributed by atoms with Crippen molar-refractivity contribution in [2.45, 2.75) is 67.8 Å². The minimum absolute atomic E-state index is 0.614. The minimum Gasteiger partial charge on any atom is -0.458 e. The Morgan fingerprint density at radius 3 is 1.74 bits per heavy atom. The van der Waals surface area contributed by atoms with Gasteiger partial charge in [-0.3, -0.25) is 19.2 Å². The lowest BCUT2D eigenvalue weighted by Crippen LogP contribution is -2.66. The summed E-state index contributed by atoms with van der Waals surface area (Å²) in [4.78, 5) is 52.5. The first-order valence-electron chi connectivity index (χ1n) is 10.3. The lowest BCUT2D eigenvalue weighted by molar-refractivity contribution is -0.225. The monoisotopic (exact) mass is 511 g/mol. The van der Waals surface area contributed by atoms with E-state index in [4.69, 9.17) is 23.7 Å². The summed E-state index contributed by atoms with van der Waals surface area (Å²) in [5.74, 6) is -2.62. The molecule has 1 aromatic heterocycles. The molecule has 1 saturated carbocycles. The standard InChI is InChI=1S/C22H25NO9S2/c1-10(24)29-17-16(28-5)19(31-12(3)26)21(20(32-13(4)27)18(17)30-11(2)25)34-22-23-14-8-6-7-9-15(14)33-22/h6-9,16-21H,1-5H3/t16-,17-,18+,19-,20-,21-/m0/s1. The molecule has 6 atom stereocenters. The van der Waals surface area contributed by atoms with Gasteiger partial charge in [-0.05, 0) is 12.1 Å². The number of rotatable bonds is 7. The van der Waals surface area contributed by atoms with Crippen LogP contribution in [0.4, 0.5) is 0 Å². The number of fused-ring (bicyclic) bond motifs is 1. The summed E-state index contributed by atoms with van der Waals surface area (Å²) in [6.07, 6.45) is -5.60. The highest BCUT2D eigenvalue weighted by atomic mass is 32.2. The zero-order valence-electron chi connectivity index (χ0n) is 19.2. The predicted octanol–water partition coefficient (Wildman–Crippen LogP) is 2.51. The molecule has 1 heterocycles.